The lowest BCUT2D eigenvalue weighted by Gasteiger charge is -2.18. The van der Waals surface area contributed by atoms with Crippen molar-refractivity contribution in [1.82, 2.24) is 0 Å². The molecule has 14 heavy (non-hydrogen) atoms. The van der Waals surface area contributed by atoms with Gasteiger partial charge in [0.25, 0.3) is 0 Å². The third kappa shape index (κ3) is 2.94. The van der Waals surface area contributed by atoms with E-state index in [-0.39, 0.29) is 24.4 Å². The van der Waals surface area contributed by atoms with Crippen molar-refractivity contribution in [3.05, 3.63) is 0 Å². The van der Waals surface area contributed by atoms with E-state index in [1.165, 1.54) is 0 Å². The number of carbonyl (C=O) groups excluding carboxylic acids is 2. The summed E-state index contributed by atoms with van der Waals surface area (Å²) in [4.78, 5) is 33.0. The Labute approximate surface area is 82.3 Å². The van der Waals surface area contributed by atoms with Crippen molar-refractivity contribution >= 4 is 17.5 Å². The molecule has 1 unspecified atom stereocenters. The van der Waals surface area contributed by atoms with Crippen LogP contribution in [0.3, 0.4) is 0 Å². The smallest absolute Gasteiger partial charge is 0.303 e. The van der Waals surface area contributed by atoms with Gasteiger partial charge in [-0.25, -0.2) is 0 Å². The summed E-state index contributed by atoms with van der Waals surface area (Å²) in [5, 5.41) is 8.39. The molecule has 4 nitrogen and oxygen atoms in total. The lowest BCUT2D eigenvalue weighted by atomic mass is 9.84. The fraction of sp³-hybridized carbons (Fsp3) is 0.700. The van der Waals surface area contributed by atoms with Gasteiger partial charge in [0.1, 0.15) is 11.6 Å². The van der Waals surface area contributed by atoms with E-state index in [9.17, 15) is 14.4 Å². The average molecular weight is 198 g/mol. The summed E-state index contributed by atoms with van der Waals surface area (Å²) in [6, 6.07) is 0. The number of carboxylic acids is 1. The second-order valence-electron chi connectivity index (χ2n) is 3.62. The summed E-state index contributed by atoms with van der Waals surface area (Å²) < 4.78 is 0. The largest absolute Gasteiger partial charge is 0.481 e. The molecule has 4 heteroatoms. The monoisotopic (exact) mass is 198 g/mol. The summed E-state index contributed by atoms with van der Waals surface area (Å²) in [7, 11) is 0. The van der Waals surface area contributed by atoms with Gasteiger partial charge in [0, 0.05) is 12.8 Å². The minimum absolute atomic E-state index is 0.00774. The Bertz CT molecular complexity index is 257. The molecule has 0 aromatic carbocycles. The van der Waals surface area contributed by atoms with Crippen LogP contribution >= 0.6 is 0 Å². The molecule has 1 fully saturated rings. The predicted molar refractivity (Wildman–Crippen MR) is 48.8 cm³/mol. The van der Waals surface area contributed by atoms with Gasteiger partial charge in [-0.2, -0.15) is 0 Å². The summed E-state index contributed by atoms with van der Waals surface area (Å²) in [6.07, 6.45) is 2.67. The molecule has 0 radical (unpaired) electrons. The Kier molecular flexibility index (Phi) is 3.80. The average Bonchev–Trinajstić information content (AvgIpc) is 2.15. The van der Waals surface area contributed by atoms with Gasteiger partial charge in [-0.15, -0.1) is 0 Å². The van der Waals surface area contributed by atoms with Crippen molar-refractivity contribution in [2.45, 2.75) is 38.5 Å². The quantitative estimate of drug-likeness (QED) is 0.688. The molecule has 0 aromatic heterocycles. The van der Waals surface area contributed by atoms with E-state index >= 15 is 0 Å². The molecular weight excluding hydrogens is 184 g/mol. The van der Waals surface area contributed by atoms with Gasteiger partial charge in [0.2, 0.25) is 0 Å². The molecule has 1 rings (SSSR count). The van der Waals surface area contributed by atoms with E-state index in [2.05, 4.69) is 0 Å². The SMILES string of the molecule is O=C(O)CCC(=O)C1CCCCC1=O. The summed E-state index contributed by atoms with van der Waals surface area (Å²) >= 11 is 0. The fourth-order valence-corrected chi connectivity index (χ4v) is 1.73. The number of carboxylic acid groups (broad SMARTS) is 1. The highest BCUT2D eigenvalue weighted by molar-refractivity contribution is 6.03. The maximum absolute atomic E-state index is 11.4. The maximum atomic E-state index is 11.4. The van der Waals surface area contributed by atoms with Crippen LogP contribution in [0.2, 0.25) is 0 Å². The molecule has 0 aliphatic heterocycles. The third-order valence-corrected chi connectivity index (χ3v) is 2.53. The molecule has 0 spiro atoms. The molecule has 1 atom stereocenters. The first kappa shape index (κ1) is 10.9. The van der Waals surface area contributed by atoms with Crippen LogP contribution < -0.4 is 0 Å². The van der Waals surface area contributed by atoms with Crippen LogP contribution in [0.5, 0.6) is 0 Å². The number of ketones is 2. The van der Waals surface area contributed by atoms with E-state index in [0.717, 1.165) is 12.8 Å². The number of aliphatic carboxylic acids is 1. The lowest BCUT2D eigenvalue weighted by Crippen LogP contribution is -2.27. The van der Waals surface area contributed by atoms with Gasteiger partial charge in [0.05, 0.1) is 12.3 Å². The Balaban J connectivity index is 2.42. The number of hydrogen-bond acceptors (Lipinski definition) is 3. The maximum Gasteiger partial charge on any atom is 0.303 e. The molecule has 0 heterocycles. The molecule has 1 N–H and O–H groups in total. The minimum atomic E-state index is -0.985. The molecule has 1 aliphatic carbocycles. The van der Waals surface area contributed by atoms with E-state index in [1.807, 2.05) is 0 Å². The minimum Gasteiger partial charge on any atom is -0.481 e. The van der Waals surface area contributed by atoms with Gasteiger partial charge in [-0.3, -0.25) is 14.4 Å². The number of carbonyl (C=O) groups is 3. The first-order valence-electron chi connectivity index (χ1n) is 4.88. The van der Waals surface area contributed by atoms with E-state index in [0.29, 0.717) is 12.8 Å². The van der Waals surface area contributed by atoms with Crippen molar-refractivity contribution < 1.29 is 19.5 Å². The van der Waals surface area contributed by atoms with Crippen LogP contribution in [0.25, 0.3) is 0 Å². The normalized spacial score (nSPS) is 22.0. The Morgan fingerprint density at radius 3 is 2.57 bits per heavy atom. The zero-order valence-electron chi connectivity index (χ0n) is 7.99. The highest BCUT2D eigenvalue weighted by Gasteiger charge is 2.28. The van der Waals surface area contributed by atoms with Crippen LogP contribution in [0, 0.1) is 5.92 Å². The third-order valence-electron chi connectivity index (χ3n) is 2.53. The molecule has 0 bridgehead atoms. The molecule has 1 saturated carbocycles. The fourth-order valence-electron chi connectivity index (χ4n) is 1.73. The molecule has 0 aromatic rings. The lowest BCUT2D eigenvalue weighted by molar-refractivity contribution is -0.141. The summed E-state index contributed by atoms with van der Waals surface area (Å²) in [6.45, 7) is 0. The van der Waals surface area contributed by atoms with E-state index < -0.39 is 11.9 Å². The molecule has 0 amide bonds. The molecular formula is C10H14O4. The highest BCUT2D eigenvalue weighted by atomic mass is 16.4. The summed E-state index contributed by atoms with van der Waals surface area (Å²) in [5.41, 5.74) is 0. The Morgan fingerprint density at radius 2 is 2.00 bits per heavy atom. The van der Waals surface area contributed by atoms with Crippen LogP contribution in [0.15, 0.2) is 0 Å². The molecule has 0 saturated heterocycles. The number of rotatable bonds is 4. The van der Waals surface area contributed by atoms with Crippen LogP contribution in [-0.2, 0) is 14.4 Å². The van der Waals surface area contributed by atoms with Gasteiger partial charge in [-0.05, 0) is 12.8 Å². The van der Waals surface area contributed by atoms with Crippen molar-refractivity contribution in [3.8, 4) is 0 Å². The van der Waals surface area contributed by atoms with Crippen molar-refractivity contribution in [2.24, 2.45) is 5.92 Å². The van der Waals surface area contributed by atoms with Crippen molar-refractivity contribution in [2.75, 3.05) is 0 Å². The zero-order valence-corrected chi connectivity index (χ0v) is 7.99. The van der Waals surface area contributed by atoms with Gasteiger partial charge >= 0.3 is 5.97 Å². The number of Topliss-reactive ketones (excluding diaryl/α,β-unsaturated/α-hetero) is 2. The first-order valence-corrected chi connectivity index (χ1v) is 4.88. The topological polar surface area (TPSA) is 71.4 Å². The molecule has 1 aliphatic rings. The molecule has 78 valence electrons. The highest BCUT2D eigenvalue weighted by Crippen LogP contribution is 2.22. The standard InChI is InChI=1S/C10H14O4/c11-8-4-2-1-3-7(8)9(12)5-6-10(13)14/h7H,1-6H2,(H,13,14). The Morgan fingerprint density at radius 1 is 1.29 bits per heavy atom. The second kappa shape index (κ2) is 4.88. The summed E-state index contributed by atoms with van der Waals surface area (Å²) in [5.74, 6) is -1.70. The Hall–Kier alpha value is -1.19. The van der Waals surface area contributed by atoms with Crippen molar-refractivity contribution in [1.29, 1.82) is 0 Å². The van der Waals surface area contributed by atoms with Crippen LogP contribution in [0.1, 0.15) is 38.5 Å². The van der Waals surface area contributed by atoms with Crippen molar-refractivity contribution in [3.63, 3.8) is 0 Å². The predicted octanol–water partition coefficient (Wildman–Crippen LogP) is 1.18. The first-order chi connectivity index (χ1) is 6.61. The number of hydrogen-bond donors (Lipinski definition) is 1. The van der Waals surface area contributed by atoms with Gasteiger partial charge in [-0.1, -0.05) is 6.42 Å². The second-order valence-corrected chi connectivity index (χ2v) is 3.62. The van der Waals surface area contributed by atoms with Gasteiger partial charge < -0.3 is 5.11 Å². The van der Waals surface area contributed by atoms with E-state index in [4.69, 9.17) is 5.11 Å². The van der Waals surface area contributed by atoms with Crippen LogP contribution in [0.4, 0.5) is 0 Å². The van der Waals surface area contributed by atoms with E-state index in [1.54, 1.807) is 0 Å². The van der Waals surface area contributed by atoms with Gasteiger partial charge in [0.15, 0.2) is 0 Å². The zero-order chi connectivity index (χ0) is 10.6. The van der Waals surface area contributed by atoms with Crippen LogP contribution in [-0.4, -0.2) is 22.6 Å².